The lowest BCUT2D eigenvalue weighted by Gasteiger charge is -2.20. The van der Waals surface area contributed by atoms with Gasteiger partial charge in [0.1, 0.15) is 5.75 Å². The molecule has 1 aliphatic rings. The summed E-state index contributed by atoms with van der Waals surface area (Å²) in [6.45, 7) is 5.28. The predicted octanol–water partition coefficient (Wildman–Crippen LogP) is 2.82. The molecule has 4 nitrogen and oxygen atoms in total. The summed E-state index contributed by atoms with van der Waals surface area (Å²) in [7, 11) is -2.82. The summed E-state index contributed by atoms with van der Waals surface area (Å²) in [4.78, 5) is 0. The van der Waals surface area contributed by atoms with E-state index >= 15 is 0 Å². The Hall–Kier alpha value is -0.780. The summed E-state index contributed by atoms with van der Waals surface area (Å²) in [6.07, 6.45) is 0.746. The SMILES string of the molecule is CCOc1ccc(Cl)cc1C(C)NCC1CCS(=O)(=O)C1. The molecule has 21 heavy (non-hydrogen) atoms. The summed E-state index contributed by atoms with van der Waals surface area (Å²) in [5.74, 6) is 1.63. The first-order valence-electron chi connectivity index (χ1n) is 7.27. The largest absolute Gasteiger partial charge is 0.494 e. The van der Waals surface area contributed by atoms with Crippen LogP contribution in [0.3, 0.4) is 0 Å². The van der Waals surface area contributed by atoms with E-state index in [1.54, 1.807) is 0 Å². The molecular formula is C15H22ClNO3S. The van der Waals surface area contributed by atoms with Crippen LogP contribution in [0.4, 0.5) is 0 Å². The minimum absolute atomic E-state index is 0.0635. The van der Waals surface area contributed by atoms with Gasteiger partial charge in [-0.25, -0.2) is 8.42 Å². The molecule has 1 N–H and O–H groups in total. The van der Waals surface area contributed by atoms with E-state index in [0.29, 0.717) is 29.7 Å². The van der Waals surface area contributed by atoms with Crippen molar-refractivity contribution in [2.24, 2.45) is 5.92 Å². The van der Waals surface area contributed by atoms with Gasteiger partial charge in [-0.1, -0.05) is 11.6 Å². The Kier molecular flexibility index (Phi) is 5.52. The lowest BCUT2D eigenvalue weighted by atomic mass is 10.1. The van der Waals surface area contributed by atoms with Gasteiger partial charge in [0.2, 0.25) is 0 Å². The Morgan fingerprint density at radius 3 is 2.86 bits per heavy atom. The van der Waals surface area contributed by atoms with E-state index in [-0.39, 0.29) is 12.0 Å². The van der Waals surface area contributed by atoms with Crippen molar-refractivity contribution in [1.82, 2.24) is 5.32 Å². The van der Waals surface area contributed by atoms with Gasteiger partial charge in [-0.2, -0.15) is 0 Å². The monoisotopic (exact) mass is 331 g/mol. The predicted molar refractivity (Wildman–Crippen MR) is 85.8 cm³/mol. The van der Waals surface area contributed by atoms with Crippen molar-refractivity contribution < 1.29 is 13.2 Å². The van der Waals surface area contributed by atoms with Crippen LogP contribution >= 0.6 is 11.6 Å². The molecule has 0 radical (unpaired) electrons. The van der Waals surface area contributed by atoms with Gasteiger partial charge in [-0.3, -0.25) is 0 Å². The second-order valence-electron chi connectivity index (χ2n) is 5.51. The van der Waals surface area contributed by atoms with Crippen molar-refractivity contribution in [3.8, 4) is 5.75 Å². The van der Waals surface area contributed by atoms with Crippen LogP contribution in [-0.2, 0) is 9.84 Å². The Morgan fingerprint density at radius 2 is 2.24 bits per heavy atom. The number of hydrogen-bond acceptors (Lipinski definition) is 4. The van der Waals surface area contributed by atoms with Crippen molar-refractivity contribution in [1.29, 1.82) is 0 Å². The Labute approximate surface area is 131 Å². The van der Waals surface area contributed by atoms with Crippen LogP contribution in [0.2, 0.25) is 5.02 Å². The van der Waals surface area contributed by atoms with E-state index in [1.165, 1.54) is 0 Å². The smallest absolute Gasteiger partial charge is 0.150 e. The Bertz CT molecular complexity index is 589. The highest BCUT2D eigenvalue weighted by molar-refractivity contribution is 7.91. The van der Waals surface area contributed by atoms with Gasteiger partial charge in [0.15, 0.2) is 9.84 Å². The van der Waals surface area contributed by atoms with Crippen molar-refractivity contribution in [3.63, 3.8) is 0 Å². The molecule has 0 amide bonds. The highest BCUT2D eigenvalue weighted by Crippen LogP contribution is 2.29. The first-order valence-corrected chi connectivity index (χ1v) is 9.47. The van der Waals surface area contributed by atoms with Crippen LogP contribution in [0.15, 0.2) is 18.2 Å². The zero-order chi connectivity index (χ0) is 15.5. The molecule has 0 bridgehead atoms. The topological polar surface area (TPSA) is 55.4 Å². The molecule has 0 aliphatic carbocycles. The fourth-order valence-corrected chi connectivity index (χ4v) is 4.67. The summed E-state index contributed by atoms with van der Waals surface area (Å²) in [5.41, 5.74) is 1.00. The van der Waals surface area contributed by atoms with Gasteiger partial charge in [-0.15, -0.1) is 0 Å². The van der Waals surface area contributed by atoms with Crippen molar-refractivity contribution in [2.45, 2.75) is 26.3 Å². The van der Waals surface area contributed by atoms with Gasteiger partial charge in [0, 0.05) is 16.6 Å². The molecule has 0 aromatic heterocycles. The minimum Gasteiger partial charge on any atom is -0.494 e. The third-order valence-electron chi connectivity index (χ3n) is 3.78. The maximum absolute atomic E-state index is 11.5. The normalized spacial score (nSPS) is 22.1. The highest BCUT2D eigenvalue weighted by Gasteiger charge is 2.28. The summed E-state index contributed by atoms with van der Waals surface area (Å²) >= 11 is 6.06. The van der Waals surface area contributed by atoms with Crippen LogP contribution in [0.1, 0.15) is 31.9 Å². The van der Waals surface area contributed by atoms with Crippen LogP contribution in [0.5, 0.6) is 5.75 Å². The molecule has 118 valence electrons. The first kappa shape index (κ1) is 16.6. The second kappa shape index (κ2) is 6.99. The number of sulfone groups is 1. The molecule has 2 atom stereocenters. The Morgan fingerprint density at radius 1 is 1.48 bits per heavy atom. The molecular weight excluding hydrogens is 310 g/mol. The molecule has 1 heterocycles. The quantitative estimate of drug-likeness (QED) is 0.871. The minimum atomic E-state index is -2.82. The molecule has 2 rings (SSSR count). The van der Waals surface area contributed by atoms with Gasteiger partial charge < -0.3 is 10.1 Å². The summed E-state index contributed by atoms with van der Waals surface area (Å²) in [5, 5.41) is 4.07. The lowest BCUT2D eigenvalue weighted by Crippen LogP contribution is -2.26. The van der Waals surface area contributed by atoms with Gasteiger partial charge in [-0.05, 0) is 50.9 Å². The number of ether oxygens (including phenoxy) is 1. The van der Waals surface area contributed by atoms with Crippen LogP contribution in [0, 0.1) is 5.92 Å². The van der Waals surface area contributed by atoms with E-state index in [9.17, 15) is 8.42 Å². The first-order chi connectivity index (χ1) is 9.91. The van der Waals surface area contributed by atoms with Crippen LogP contribution in [0.25, 0.3) is 0 Å². The van der Waals surface area contributed by atoms with E-state index in [4.69, 9.17) is 16.3 Å². The molecule has 2 unspecified atom stereocenters. The molecule has 0 saturated carbocycles. The zero-order valence-electron chi connectivity index (χ0n) is 12.4. The van der Waals surface area contributed by atoms with Crippen LogP contribution in [-0.4, -0.2) is 33.1 Å². The third kappa shape index (κ3) is 4.59. The van der Waals surface area contributed by atoms with Crippen LogP contribution < -0.4 is 10.1 Å². The van der Waals surface area contributed by atoms with E-state index in [0.717, 1.165) is 17.7 Å². The molecule has 6 heteroatoms. The maximum atomic E-state index is 11.5. The highest BCUT2D eigenvalue weighted by atomic mass is 35.5. The average molecular weight is 332 g/mol. The molecule has 1 fully saturated rings. The van der Waals surface area contributed by atoms with Gasteiger partial charge in [0.25, 0.3) is 0 Å². The number of nitrogens with one attached hydrogen (secondary N) is 1. The summed E-state index contributed by atoms with van der Waals surface area (Å²) < 4.78 is 28.6. The molecule has 1 aliphatic heterocycles. The summed E-state index contributed by atoms with van der Waals surface area (Å²) in [6, 6.07) is 5.65. The van der Waals surface area contributed by atoms with Gasteiger partial charge >= 0.3 is 0 Å². The maximum Gasteiger partial charge on any atom is 0.150 e. The second-order valence-corrected chi connectivity index (χ2v) is 8.18. The van der Waals surface area contributed by atoms with E-state index in [2.05, 4.69) is 5.32 Å². The van der Waals surface area contributed by atoms with E-state index in [1.807, 2.05) is 32.0 Å². The number of hydrogen-bond donors (Lipinski definition) is 1. The third-order valence-corrected chi connectivity index (χ3v) is 5.85. The molecule has 1 aromatic rings. The molecule has 0 spiro atoms. The van der Waals surface area contributed by atoms with Crippen molar-refractivity contribution in [2.75, 3.05) is 24.7 Å². The van der Waals surface area contributed by atoms with E-state index < -0.39 is 9.84 Å². The molecule has 1 saturated heterocycles. The Balaban J connectivity index is 2.00. The molecule has 1 aromatic carbocycles. The van der Waals surface area contributed by atoms with Crippen molar-refractivity contribution >= 4 is 21.4 Å². The number of benzene rings is 1. The number of halogens is 1. The lowest BCUT2D eigenvalue weighted by molar-refractivity contribution is 0.331. The number of rotatable bonds is 6. The standard InChI is InChI=1S/C15H22ClNO3S/c1-3-20-15-5-4-13(16)8-14(15)11(2)17-9-12-6-7-21(18,19)10-12/h4-5,8,11-12,17H,3,6-7,9-10H2,1-2H3. The average Bonchev–Trinajstić information content (AvgIpc) is 2.78. The fourth-order valence-electron chi connectivity index (χ4n) is 2.63. The van der Waals surface area contributed by atoms with Crippen molar-refractivity contribution in [3.05, 3.63) is 28.8 Å². The fraction of sp³-hybridized carbons (Fsp3) is 0.600. The van der Waals surface area contributed by atoms with Gasteiger partial charge in [0.05, 0.1) is 18.1 Å². The zero-order valence-corrected chi connectivity index (χ0v) is 14.0.